The second kappa shape index (κ2) is 9.15. The maximum absolute atomic E-state index is 12.1. The predicted octanol–water partition coefficient (Wildman–Crippen LogP) is 0.256. The second-order valence-corrected chi connectivity index (χ2v) is 7.31. The van der Waals surface area contributed by atoms with Crippen molar-refractivity contribution in [1.29, 1.82) is 0 Å². The van der Waals surface area contributed by atoms with Gasteiger partial charge in [0.1, 0.15) is 42.4 Å². The van der Waals surface area contributed by atoms with E-state index < -0.39 is 48.7 Å². The third-order valence-electron chi connectivity index (χ3n) is 5.14. The fourth-order valence-corrected chi connectivity index (χ4v) is 3.37. The van der Waals surface area contributed by atoms with E-state index in [9.17, 15) is 30.3 Å². The highest BCUT2D eigenvalue weighted by Crippen LogP contribution is 2.36. The highest BCUT2D eigenvalue weighted by atomic mass is 16.7. The summed E-state index contributed by atoms with van der Waals surface area (Å²) in [5.74, 6) is -0.823. The van der Waals surface area contributed by atoms with E-state index in [-0.39, 0.29) is 23.3 Å². The molecular weight excluding hydrogens is 424 g/mol. The molecule has 0 amide bonds. The average Bonchev–Trinajstić information content (AvgIpc) is 2.81. The van der Waals surface area contributed by atoms with Crippen molar-refractivity contribution in [3.8, 4) is 17.2 Å². The van der Waals surface area contributed by atoms with Gasteiger partial charge in [-0.3, -0.25) is 0 Å². The monoisotopic (exact) mass is 446 g/mol. The normalized spacial score (nSPS) is 25.6. The number of rotatable bonds is 6. The van der Waals surface area contributed by atoms with Crippen LogP contribution in [0.4, 0.5) is 0 Å². The van der Waals surface area contributed by atoms with Gasteiger partial charge in [-0.2, -0.15) is 0 Å². The van der Waals surface area contributed by atoms with Gasteiger partial charge in [-0.05, 0) is 17.7 Å². The molecule has 10 nitrogen and oxygen atoms in total. The van der Waals surface area contributed by atoms with Crippen LogP contribution >= 0.6 is 0 Å². The van der Waals surface area contributed by atoms with Crippen LogP contribution in [0.2, 0.25) is 0 Å². The molecule has 5 atom stereocenters. The van der Waals surface area contributed by atoms with Crippen LogP contribution in [0, 0.1) is 0 Å². The lowest BCUT2D eigenvalue weighted by atomic mass is 9.99. The van der Waals surface area contributed by atoms with Gasteiger partial charge in [-0.15, -0.1) is 0 Å². The van der Waals surface area contributed by atoms with Crippen molar-refractivity contribution in [2.24, 2.45) is 0 Å². The van der Waals surface area contributed by atoms with Crippen molar-refractivity contribution in [2.75, 3.05) is 6.61 Å². The summed E-state index contributed by atoms with van der Waals surface area (Å²) in [6.07, 6.45) is -7.79. The first-order valence-electron chi connectivity index (χ1n) is 9.82. The molecule has 1 saturated heterocycles. The molecule has 1 aromatic heterocycles. The Bertz CT molecular complexity index is 1130. The lowest BCUT2D eigenvalue weighted by Crippen LogP contribution is -2.60. The van der Waals surface area contributed by atoms with Crippen LogP contribution in [-0.4, -0.2) is 62.8 Å². The Morgan fingerprint density at radius 3 is 2.44 bits per heavy atom. The molecular formula is C22H22O10. The number of benzene rings is 2. The largest absolute Gasteiger partial charge is 0.499 e. The molecule has 0 radical (unpaired) electrons. The van der Waals surface area contributed by atoms with E-state index in [1.54, 1.807) is 6.07 Å². The summed E-state index contributed by atoms with van der Waals surface area (Å²) in [6.45, 7) is -0.376. The molecule has 0 unspecified atom stereocenters. The van der Waals surface area contributed by atoms with Crippen molar-refractivity contribution >= 4 is 11.0 Å². The first-order chi connectivity index (χ1) is 15.4. The number of fused-ring (bicyclic) bond motifs is 1. The molecule has 1 fully saturated rings. The highest BCUT2D eigenvalue weighted by Gasteiger charge is 2.45. The van der Waals surface area contributed by atoms with E-state index in [4.69, 9.17) is 18.6 Å². The summed E-state index contributed by atoms with van der Waals surface area (Å²) in [5.41, 5.74) is -0.123. The van der Waals surface area contributed by atoms with Crippen molar-refractivity contribution in [3.05, 3.63) is 64.5 Å². The summed E-state index contributed by atoms with van der Waals surface area (Å²) in [4.78, 5) is 12.1. The summed E-state index contributed by atoms with van der Waals surface area (Å²) in [7, 11) is 0. The molecule has 32 heavy (non-hydrogen) atoms. The molecule has 1 aliphatic heterocycles. The molecule has 2 heterocycles. The van der Waals surface area contributed by atoms with Crippen molar-refractivity contribution in [1.82, 2.24) is 0 Å². The SMILES string of the molecule is O=c1oc2cc(OCc3ccccc3)ccc2c(O[C@H]2O[C@H](CO)[C@@H](O)[C@H](O)[C@@H]2O)c1O. The molecule has 1 aliphatic rings. The van der Waals surface area contributed by atoms with E-state index in [2.05, 4.69) is 0 Å². The molecule has 0 aliphatic carbocycles. The Morgan fingerprint density at radius 2 is 1.72 bits per heavy atom. The number of aliphatic hydroxyl groups is 4. The van der Waals surface area contributed by atoms with Gasteiger partial charge >= 0.3 is 5.63 Å². The molecule has 5 N–H and O–H groups in total. The topological polar surface area (TPSA) is 159 Å². The van der Waals surface area contributed by atoms with Crippen LogP contribution in [0.15, 0.2) is 57.7 Å². The molecule has 170 valence electrons. The minimum Gasteiger partial charge on any atom is -0.499 e. The zero-order chi connectivity index (χ0) is 22.8. The first-order valence-corrected chi connectivity index (χ1v) is 9.82. The zero-order valence-electron chi connectivity index (χ0n) is 16.7. The number of aromatic hydroxyl groups is 1. The van der Waals surface area contributed by atoms with Gasteiger partial charge in [0.15, 0.2) is 5.75 Å². The highest BCUT2D eigenvalue weighted by molar-refractivity contribution is 5.86. The summed E-state index contributed by atoms with van der Waals surface area (Å²) < 4.78 is 21.6. The second-order valence-electron chi connectivity index (χ2n) is 7.31. The van der Waals surface area contributed by atoms with E-state index in [0.717, 1.165) is 5.56 Å². The van der Waals surface area contributed by atoms with E-state index in [1.807, 2.05) is 30.3 Å². The first kappa shape index (κ1) is 22.1. The number of aliphatic hydroxyl groups excluding tert-OH is 4. The summed E-state index contributed by atoms with van der Waals surface area (Å²) >= 11 is 0. The number of ether oxygens (including phenoxy) is 3. The van der Waals surface area contributed by atoms with Crippen molar-refractivity contribution < 1.29 is 44.2 Å². The van der Waals surface area contributed by atoms with Crippen molar-refractivity contribution in [3.63, 3.8) is 0 Å². The van der Waals surface area contributed by atoms with Crippen LogP contribution in [0.25, 0.3) is 11.0 Å². The Labute approximate surface area is 181 Å². The van der Waals surface area contributed by atoms with Gasteiger partial charge in [-0.1, -0.05) is 30.3 Å². The quantitative estimate of drug-likeness (QED) is 0.332. The minimum absolute atomic E-state index is 0.0398. The van der Waals surface area contributed by atoms with Gasteiger partial charge in [0.25, 0.3) is 0 Å². The van der Waals surface area contributed by atoms with Crippen LogP contribution < -0.4 is 15.1 Å². The average molecular weight is 446 g/mol. The predicted molar refractivity (Wildman–Crippen MR) is 109 cm³/mol. The molecule has 0 spiro atoms. The van der Waals surface area contributed by atoms with Crippen LogP contribution in [-0.2, 0) is 11.3 Å². The van der Waals surface area contributed by atoms with Gasteiger partial charge in [0.2, 0.25) is 12.0 Å². The Balaban J connectivity index is 1.62. The van der Waals surface area contributed by atoms with Gasteiger partial charge in [0.05, 0.1) is 12.0 Å². The standard InChI is InChI=1S/C22H22O10/c23-9-15-16(24)17(25)18(26)22(31-15)32-20-13-7-6-12(8-14(13)30-21(28)19(20)27)29-10-11-4-2-1-3-5-11/h1-8,15-18,22-27H,9-10H2/t15-,16-,17+,18+,22-/m1/s1. The smallest absolute Gasteiger partial charge is 0.382 e. The molecule has 2 aromatic carbocycles. The fraction of sp³-hybridized carbons (Fsp3) is 0.318. The molecule has 0 saturated carbocycles. The maximum atomic E-state index is 12.1. The summed E-state index contributed by atoms with van der Waals surface area (Å²) in [6, 6.07) is 13.9. The third kappa shape index (κ3) is 4.27. The Morgan fingerprint density at radius 1 is 0.969 bits per heavy atom. The van der Waals surface area contributed by atoms with Gasteiger partial charge < -0.3 is 44.2 Å². The fourth-order valence-electron chi connectivity index (χ4n) is 3.37. The summed E-state index contributed by atoms with van der Waals surface area (Å²) in [5, 5.41) is 49.7. The minimum atomic E-state index is -1.72. The zero-order valence-corrected chi connectivity index (χ0v) is 16.7. The number of hydrogen-bond donors (Lipinski definition) is 5. The molecule has 3 aromatic rings. The third-order valence-corrected chi connectivity index (χ3v) is 5.14. The van der Waals surface area contributed by atoms with Crippen LogP contribution in [0.3, 0.4) is 0 Å². The van der Waals surface area contributed by atoms with E-state index >= 15 is 0 Å². The molecule has 4 rings (SSSR count). The van der Waals surface area contributed by atoms with Crippen molar-refractivity contribution in [2.45, 2.75) is 37.3 Å². The van der Waals surface area contributed by atoms with Gasteiger partial charge in [0, 0.05) is 6.07 Å². The number of hydrogen-bond acceptors (Lipinski definition) is 10. The van der Waals surface area contributed by atoms with E-state index in [1.165, 1.54) is 12.1 Å². The molecule has 0 bridgehead atoms. The van der Waals surface area contributed by atoms with E-state index in [0.29, 0.717) is 5.75 Å². The Kier molecular flexibility index (Phi) is 6.31. The van der Waals surface area contributed by atoms with Gasteiger partial charge in [-0.25, -0.2) is 4.79 Å². The lowest BCUT2D eigenvalue weighted by molar-refractivity contribution is -0.277. The molecule has 10 heteroatoms. The van der Waals surface area contributed by atoms with Crippen LogP contribution in [0.5, 0.6) is 17.2 Å². The maximum Gasteiger partial charge on any atom is 0.382 e. The van der Waals surface area contributed by atoms with Crippen LogP contribution in [0.1, 0.15) is 5.56 Å². The lowest BCUT2D eigenvalue weighted by Gasteiger charge is -2.39. The Hall–Kier alpha value is -3.15.